The highest BCUT2D eigenvalue weighted by Crippen LogP contribution is 2.61. The number of rotatable bonds is 3. The molecule has 0 aromatic heterocycles. The van der Waals surface area contributed by atoms with Crippen molar-refractivity contribution >= 4 is 75.6 Å². The molecule has 1 spiro atoms. The molecule has 36 heavy (non-hydrogen) atoms. The Morgan fingerprint density at radius 1 is 1.08 bits per heavy atom. The van der Waals surface area contributed by atoms with Gasteiger partial charge in [-0.15, -0.1) is 0 Å². The molecule has 3 heterocycles. The van der Waals surface area contributed by atoms with E-state index in [1.807, 2.05) is 0 Å². The molecule has 2 N–H and O–H groups in total. The van der Waals surface area contributed by atoms with E-state index in [2.05, 4.69) is 5.32 Å². The van der Waals surface area contributed by atoms with Crippen molar-refractivity contribution in [1.29, 1.82) is 0 Å². The second-order valence-corrected chi connectivity index (χ2v) is 10.9. The van der Waals surface area contributed by atoms with Crippen LogP contribution in [-0.4, -0.2) is 53.3 Å². The fourth-order valence-electron chi connectivity index (χ4n) is 5.86. The number of carbonyl (C=O) groups is 3. The summed E-state index contributed by atoms with van der Waals surface area (Å²) in [5.74, 6) is -9.65. The van der Waals surface area contributed by atoms with Crippen molar-refractivity contribution in [2.75, 3.05) is 23.8 Å². The number of anilines is 2. The zero-order chi connectivity index (χ0) is 26.3. The van der Waals surface area contributed by atoms with Gasteiger partial charge < -0.3 is 15.3 Å². The number of hydrogen-bond donors (Lipinski definition) is 2. The number of carbonyl (C=O) groups excluding carboxylic acids is 2. The highest BCUT2D eigenvalue weighted by Gasteiger charge is 2.74. The third-order valence-electron chi connectivity index (χ3n) is 7.15. The maximum absolute atomic E-state index is 14.8. The second-order valence-electron chi connectivity index (χ2n) is 9.15. The van der Waals surface area contributed by atoms with E-state index in [0.29, 0.717) is 0 Å². The molecule has 7 nitrogen and oxygen atoms in total. The van der Waals surface area contributed by atoms with Crippen LogP contribution in [0.15, 0.2) is 30.3 Å². The first-order valence-electron chi connectivity index (χ1n) is 10.7. The first kappa shape index (κ1) is 25.5. The zero-order valence-electron chi connectivity index (χ0n) is 18.4. The van der Waals surface area contributed by atoms with E-state index in [1.54, 1.807) is 0 Å². The van der Waals surface area contributed by atoms with Gasteiger partial charge in [0, 0.05) is 45.8 Å². The summed E-state index contributed by atoms with van der Waals surface area (Å²) in [6.07, 6.45) is -0.810. The molecule has 0 bridgehead atoms. The van der Waals surface area contributed by atoms with Crippen LogP contribution in [0, 0.1) is 11.8 Å². The van der Waals surface area contributed by atoms with Gasteiger partial charge in [-0.1, -0.05) is 46.4 Å². The number of halogens is 6. The summed E-state index contributed by atoms with van der Waals surface area (Å²) in [7, 11) is 1.36. The van der Waals surface area contributed by atoms with Crippen LogP contribution in [0.3, 0.4) is 0 Å². The van der Waals surface area contributed by atoms with Crippen LogP contribution in [0.4, 0.5) is 20.2 Å². The Balaban J connectivity index is 1.71. The number of fused-ring (bicyclic) bond motifs is 4. The molecule has 2 aromatic rings. The number of nitrogens with zero attached hydrogens (tertiary/aromatic N) is 2. The van der Waals surface area contributed by atoms with Crippen LogP contribution < -0.4 is 10.2 Å². The summed E-state index contributed by atoms with van der Waals surface area (Å²) in [6, 6.07) is 5.73. The number of hydrogen-bond acceptors (Lipinski definition) is 4. The number of carboxylic acid groups (broad SMARTS) is 1. The predicted octanol–water partition coefficient (Wildman–Crippen LogP) is 5.15. The molecule has 0 radical (unpaired) electrons. The van der Waals surface area contributed by atoms with Crippen LogP contribution in [0.25, 0.3) is 0 Å². The lowest BCUT2D eigenvalue weighted by atomic mass is 9.73. The third kappa shape index (κ3) is 3.59. The monoisotopic (exact) mass is 577 g/mol. The minimum Gasteiger partial charge on any atom is -0.481 e. The van der Waals surface area contributed by atoms with Crippen LogP contribution in [0.5, 0.6) is 0 Å². The molecule has 2 amide bonds. The van der Waals surface area contributed by atoms with Gasteiger partial charge in [0.05, 0.1) is 23.2 Å². The van der Waals surface area contributed by atoms with Gasteiger partial charge >= 0.3 is 5.97 Å². The first-order chi connectivity index (χ1) is 16.8. The van der Waals surface area contributed by atoms with Crippen LogP contribution in [0.1, 0.15) is 12.0 Å². The van der Waals surface area contributed by atoms with Crippen LogP contribution in [0.2, 0.25) is 20.1 Å². The smallest absolute Gasteiger partial charge is 0.310 e. The van der Waals surface area contributed by atoms with Gasteiger partial charge in [0.15, 0.2) is 0 Å². The molecular formula is C23H17Cl4F2N3O4. The van der Waals surface area contributed by atoms with E-state index in [-0.39, 0.29) is 37.0 Å². The van der Waals surface area contributed by atoms with Crippen molar-refractivity contribution < 1.29 is 28.3 Å². The highest BCUT2D eigenvalue weighted by molar-refractivity contribution is 6.38. The van der Waals surface area contributed by atoms with Gasteiger partial charge in [-0.3, -0.25) is 19.3 Å². The lowest BCUT2D eigenvalue weighted by molar-refractivity contribution is -0.153. The summed E-state index contributed by atoms with van der Waals surface area (Å²) < 4.78 is 29.7. The van der Waals surface area contributed by atoms with Crippen molar-refractivity contribution in [3.63, 3.8) is 0 Å². The largest absolute Gasteiger partial charge is 0.481 e. The van der Waals surface area contributed by atoms with Crippen molar-refractivity contribution in [2.24, 2.45) is 11.8 Å². The molecule has 2 saturated heterocycles. The van der Waals surface area contributed by atoms with E-state index in [9.17, 15) is 28.3 Å². The lowest BCUT2D eigenvalue weighted by Gasteiger charge is -2.36. The summed E-state index contributed by atoms with van der Waals surface area (Å²) >= 11 is 24.6. The summed E-state index contributed by atoms with van der Waals surface area (Å²) in [5.41, 5.74) is -1.77. The minimum atomic E-state index is -3.27. The summed E-state index contributed by atoms with van der Waals surface area (Å²) in [5, 5.41) is 13.5. The van der Waals surface area contributed by atoms with Crippen molar-refractivity contribution in [3.05, 3.63) is 56.0 Å². The molecule has 5 rings (SSSR count). The van der Waals surface area contributed by atoms with E-state index < -0.39 is 60.1 Å². The average Bonchev–Trinajstić information content (AvgIpc) is 3.33. The lowest BCUT2D eigenvalue weighted by Crippen LogP contribution is -2.54. The van der Waals surface area contributed by atoms with E-state index in [0.717, 1.165) is 9.80 Å². The first-order valence-corrected chi connectivity index (χ1v) is 12.2. The van der Waals surface area contributed by atoms with Crippen LogP contribution in [-0.2, 0) is 19.9 Å². The van der Waals surface area contributed by atoms with Crippen molar-refractivity contribution in [3.8, 4) is 0 Å². The Bertz CT molecular complexity index is 1320. The molecule has 3 aliphatic heterocycles. The Kier molecular flexibility index (Phi) is 5.96. The fraction of sp³-hybridized carbons (Fsp3) is 0.348. The summed E-state index contributed by atoms with van der Waals surface area (Å²) in [6.45, 7) is -0.922. The Labute approximate surface area is 223 Å². The number of amides is 2. The molecule has 13 heteroatoms. The molecule has 0 aliphatic carbocycles. The number of benzene rings is 2. The molecular weight excluding hydrogens is 562 g/mol. The van der Waals surface area contributed by atoms with E-state index in [4.69, 9.17) is 46.4 Å². The van der Waals surface area contributed by atoms with Gasteiger partial charge in [0.25, 0.3) is 11.8 Å². The number of carboxylic acids is 1. The number of nitrogens with one attached hydrogen (secondary N) is 1. The van der Waals surface area contributed by atoms with Gasteiger partial charge in [0.2, 0.25) is 5.91 Å². The maximum atomic E-state index is 14.8. The number of aliphatic carboxylic acids is 1. The van der Waals surface area contributed by atoms with Crippen LogP contribution >= 0.6 is 46.4 Å². The molecule has 2 fully saturated rings. The molecule has 190 valence electrons. The van der Waals surface area contributed by atoms with E-state index in [1.165, 1.54) is 37.4 Å². The predicted molar refractivity (Wildman–Crippen MR) is 131 cm³/mol. The quantitative estimate of drug-likeness (QED) is 0.526. The summed E-state index contributed by atoms with van der Waals surface area (Å²) in [4.78, 5) is 42.4. The Morgan fingerprint density at radius 3 is 2.31 bits per heavy atom. The maximum Gasteiger partial charge on any atom is 0.310 e. The fourth-order valence-corrected chi connectivity index (χ4v) is 6.92. The standard InChI is InChI=1S/C23H17Cl4F2N3O4/c1-31(12-3-9(24)2-10(25)4-12)19(33)16-15-7-22(28,29)8-32(15)23(17(16)20(34)35)13-5-11(26)6-14(27)18(13)30-21(23)36/h2-6,15-17H,7-8H2,1H3,(H,30,36)(H,34,35)/t15?,16?,17?,23-/m0/s1. The van der Waals surface area contributed by atoms with Gasteiger partial charge in [-0.05, 0) is 30.3 Å². The molecule has 3 unspecified atom stereocenters. The average molecular weight is 579 g/mol. The van der Waals surface area contributed by atoms with E-state index >= 15 is 0 Å². The molecule has 2 aromatic carbocycles. The van der Waals surface area contributed by atoms with Gasteiger partial charge in [-0.25, -0.2) is 8.78 Å². The molecule has 4 atom stereocenters. The number of alkyl halides is 2. The normalized spacial score (nSPS) is 28.2. The third-order valence-corrected chi connectivity index (χ3v) is 8.11. The van der Waals surface area contributed by atoms with Gasteiger partial charge in [0.1, 0.15) is 11.5 Å². The van der Waals surface area contributed by atoms with Crippen molar-refractivity contribution in [1.82, 2.24) is 4.90 Å². The topological polar surface area (TPSA) is 90.0 Å². The molecule has 3 aliphatic rings. The SMILES string of the molecule is CN(C(=O)C1C2CC(F)(F)CN2[C@]2(C(=O)Nc3c(Cl)cc(Cl)cc32)C1C(=O)O)c1cc(Cl)cc(Cl)c1. The van der Waals surface area contributed by atoms with Gasteiger partial charge in [-0.2, -0.15) is 0 Å². The zero-order valence-corrected chi connectivity index (χ0v) is 21.4. The Hall–Kier alpha value is -2.17. The second kappa shape index (κ2) is 8.43. The highest BCUT2D eigenvalue weighted by atomic mass is 35.5. The minimum absolute atomic E-state index is 0.0230. The molecule has 0 saturated carbocycles. The Morgan fingerprint density at radius 2 is 1.69 bits per heavy atom. The van der Waals surface area contributed by atoms with Crippen molar-refractivity contribution in [2.45, 2.75) is 23.9 Å².